The zero-order chi connectivity index (χ0) is 15.1. The van der Waals surface area contributed by atoms with E-state index < -0.39 is 11.7 Å². The number of hydrogen-bond acceptors (Lipinski definition) is 5. The Morgan fingerprint density at radius 3 is 2.86 bits per heavy atom. The van der Waals surface area contributed by atoms with Gasteiger partial charge in [-0.25, -0.2) is 9.37 Å². The smallest absolute Gasteiger partial charge is 0.254 e. The van der Waals surface area contributed by atoms with Gasteiger partial charge in [0.15, 0.2) is 0 Å². The summed E-state index contributed by atoms with van der Waals surface area (Å²) >= 11 is 0. The molecule has 0 saturated heterocycles. The number of nitrogens with zero attached hydrogens (tertiary/aromatic N) is 2. The molecule has 0 fully saturated rings. The number of hydrogen-bond donors (Lipinski definition) is 2. The Kier molecular flexibility index (Phi) is 5.03. The molecular weight excluding hydrogens is 275 g/mol. The lowest BCUT2D eigenvalue weighted by molar-refractivity contribution is 0.0951. The normalized spacial score (nSPS) is 10.0. The summed E-state index contributed by atoms with van der Waals surface area (Å²) in [5, 5.41) is 5.54. The number of nitrogens with one attached hydrogen (secondary N) is 2. The van der Waals surface area contributed by atoms with Crippen molar-refractivity contribution in [1.29, 1.82) is 0 Å². The molecule has 0 aliphatic carbocycles. The topological polar surface area (TPSA) is 76.1 Å². The van der Waals surface area contributed by atoms with Crippen LogP contribution in [-0.2, 0) is 0 Å². The van der Waals surface area contributed by atoms with Crippen LogP contribution < -0.4 is 15.4 Å². The van der Waals surface area contributed by atoms with E-state index in [0.29, 0.717) is 24.9 Å². The fraction of sp³-hybridized carbons (Fsp3) is 0.214. The summed E-state index contributed by atoms with van der Waals surface area (Å²) in [7, 11) is 1.51. The van der Waals surface area contributed by atoms with Crippen molar-refractivity contribution in [1.82, 2.24) is 15.3 Å². The second-order valence-electron chi connectivity index (χ2n) is 4.09. The van der Waals surface area contributed by atoms with E-state index in [1.54, 1.807) is 18.3 Å². The lowest BCUT2D eigenvalue weighted by Gasteiger charge is -2.08. The van der Waals surface area contributed by atoms with Gasteiger partial charge in [-0.05, 0) is 12.1 Å². The van der Waals surface area contributed by atoms with Crippen molar-refractivity contribution >= 4 is 11.9 Å². The van der Waals surface area contributed by atoms with Gasteiger partial charge in [0.1, 0.15) is 5.82 Å². The van der Waals surface area contributed by atoms with Gasteiger partial charge in [-0.15, -0.1) is 0 Å². The summed E-state index contributed by atoms with van der Waals surface area (Å²) in [5.41, 5.74) is 0.0233. The van der Waals surface area contributed by atoms with Gasteiger partial charge in [-0.2, -0.15) is 4.98 Å². The first kappa shape index (κ1) is 14.7. The van der Waals surface area contributed by atoms with Crippen molar-refractivity contribution in [2.24, 2.45) is 0 Å². The van der Waals surface area contributed by atoms with E-state index in [-0.39, 0.29) is 5.56 Å². The van der Waals surface area contributed by atoms with E-state index in [9.17, 15) is 9.18 Å². The van der Waals surface area contributed by atoms with Crippen molar-refractivity contribution in [2.45, 2.75) is 0 Å². The number of methoxy groups -OCH3 is 1. The predicted molar refractivity (Wildman–Crippen MR) is 75.8 cm³/mol. The Balaban J connectivity index is 1.79. The van der Waals surface area contributed by atoms with Crippen LogP contribution in [0.4, 0.5) is 10.3 Å². The third-order valence-corrected chi connectivity index (χ3v) is 2.65. The molecule has 7 heteroatoms. The third-order valence-electron chi connectivity index (χ3n) is 2.65. The van der Waals surface area contributed by atoms with Crippen LogP contribution in [0.25, 0.3) is 0 Å². The Labute approximate surface area is 121 Å². The fourth-order valence-electron chi connectivity index (χ4n) is 1.63. The first-order valence-electron chi connectivity index (χ1n) is 6.34. The summed E-state index contributed by atoms with van der Waals surface area (Å²) in [6.45, 7) is 0.723. The molecule has 0 unspecified atom stereocenters. The Morgan fingerprint density at radius 2 is 2.10 bits per heavy atom. The maximum atomic E-state index is 13.4. The third kappa shape index (κ3) is 4.13. The maximum absolute atomic E-state index is 13.4. The molecule has 0 atom stereocenters. The Morgan fingerprint density at radius 1 is 1.29 bits per heavy atom. The van der Waals surface area contributed by atoms with E-state index in [1.807, 2.05) is 0 Å². The second kappa shape index (κ2) is 7.18. The van der Waals surface area contributed by atoms with E-state index in [4.69, 9.17) is 4.74 Å². The van der Waals surface area contributed by atoms with E-state index in [2.05, 4.69) is 20.6 Å². The number of halogens is 1. The molecule has 0 aliphatic heterocycles. The quantitative estimate of drug-likeness (QED) is 0.788. The summed E-state index contributed by atoms with van der Waals surface area (Å²) in [6, 6.07) is 7.46. The van der Waals surface area contributed by atoms with Gasteiger partial charge in [0, 0.05) is 25.4 Å². The molecule has 6 nitrogen and oxygen atoms in total. The SMILES string of the molecule is COc1ccnc(NCCNC(=O)c2ccccc2F)n1. The van der Waals surface area contributed by atoms with Gasteiger partial charge in [-0.1, -0.05) is 12.1 Å². The number of amides is 1. The molecule has 1 amide bonds. The van der Waals surface area contributed by atoms with Crippen molar-refractivity contribution in [3.63, 3.8) is 0 Å². The highest BCUT2D eigenvalue weighted by Crippen LogP contribution is 2.07. The number of ether oxygens (including phenoxy) is 1. The molecule has 0 aliphatic rings. The molecule has 1 aromatic heterocycles. The van der Waals surface area contributed by atoms with Gasteiger partial charge in [0.25, 0.3) is 5.91 Å². The lowest BCUT2D eigenvalue weighted by atomic mass is 10.2. The van der Waals surface area contributed by atoms with Gasteiger partial charge >= 0.3 is 0 Å². The van der Waals surface area contributed by atoms with Crippen LogP contribution in [0.5, 0.6) is 5.88 Å². The average molecular weight is 290 g/mol. The molecular formula is C14H15FN4O2. The molecule has 0 saturated carbocycles. The van der Waals surface area contributed by atoms with Crippen molar-refractivity contribution in [3.05, 3.63) is 47.9 Å². The number of benzene rings is 1. The zero-order valence-electron chi connectivity index (χ0n) is 11.5. The molecule has 110 valence electrons. The van der Waals surface area contributed by atoms with E-state index in [0.717, 1.165) is 0 Å². The number of aromatic nitrogens is 2. The number of carbonyl (C=O) groups excluding carboxylic acids is 1. The first-order chi connectivity index (χ1) is 10.2. The summed E-state index contributed by atoms with van der Waals surface area (Å²) < 4.78 is 18.4. The Bertz CT molecular complexity index is 621. The highest BCUT2D eigenvalue weighted by atomic mass is 19.1. The van der Waals surface area contributed by atoms with Crippen LogP contribution in [0.1, 0.15) is 10.4 Å². The highest BCUT2D eigenvalue weighted by molar-refractivity contribution is 5.94. The monoisotopic (exact) mass is 290 g/mol. The highest BCUT2D eigenvalue weighted by Gasteiger charge is 2.09. The molecule has 1 aromatic carbocycles. The molecule has 0 spiro atoms. The van der Waals surface area contributed by atoms with Crippen molar-refractivity contribution in [3.8, 4) is 5.88 Å². The summed E-state index contributed by atoms with van der Waals surface area (Å²) in [4.78, 5) is 19.8. The van der Waals surface area contributed by atoms with E-state index >= 15 is 0 Å². The second-order valence-corrected chi connectivity index (χ2v) is 4.09. The maximum Gasteiger partial charge on any atom is 0.254 e. The minimum atomic E-state index is -0.543. The predicted octanol–water partition coefficient (Wildman–Crippen LogP) is 1.47. The van der Waals surface area contributed by atoms with Gasteiger partial charge < -0.3 is 15.4 Å². The summed E-state index contributed by atoms with van der Waals surface area (Å²) in [5.74, 6) is -0.155. The van der Waals surface area contributed by atoms with Gasteiger partial charge in [0.2, 0.25) is 11.8 Å². The zero-order valence-corrected chi connectivity index (χ0v) is 11.5. The standard InChI is InChI=1S/C14H15FN4O2/c1-21-12-6-7-17-14(19-12)18-9-8-16-13(20)10-4-2-3-5-11(10)15/h2-7H,8-9H2,1H3,(H,16,20)(H,17,18,19). The van der Waals surface area contributed by atoms with E-state index in [1.165, 1.54) is 25.3 Å². The number of rotatable bonds is 6. The van der Waals surface area contributed by atoms with Gasteiger partial charge in [-0.3, -0.25) is 4.79 Å². The largest absolute Gasteiger partial charge is 0.481 e. The fourth-order valence-corrected chi connectivity index (χ4v) is 1.63. The molecule has 2 aromatic rings. The summed E-state index contributed by atoms with van der Waals surface area (Å²) in [6.07, 6.45) is 1.56. The average Bonchev–Trinajstić information content (AvgIpc) is 2.52. The van der Waals surface area contributed by atoms with Crippen LogP contribution in [0.15, 0.2) is 36.5 Å². The first-order valence-corrected chi connectivity index (χ1v) is 6.34. The van der Waals surface area contributed by atoms with Crippen molar-refractivity contribution < 1.29 is 13.9 Å². The van der Waals surface area contributed by atoms with Crippen LogP contribution in [0, 0.1) is 5.82 Å². The van der Waals surface area contributed by atoms with Crippen LogP contribution in [0.3, 0.4) is 0 Å². The molecule has 0 bridgehead atoms. The molecule has 2 N–H and O–H groups in total. The molecule has 2 rings (SSSR count). The number of anilines is 1. The van der Waals surface area contributed by atoms with Gasteiger partial charge in [0.05, 0.1) is 12.7 Å². The van der Waals surface area contributed by atoms with Crippen LogP contribution in [0.2, 0.25) is 0 Å². The number of carbonyl (C=O) groups is 1. The lowest BCUT2D eigenvalue weighted by Crippen LogP contribution is -2.29. The Hall–Kier alpha value is -2.70. The molecule has 21 heavy (non-hydrogen) atoms. The minimum Gasteiger partial charge on any atom is -0.481 e. The van der Waals surface area contributed by atoms with Crippen LogP contribution >= 0.6 is 0 Å². The molecule has 1 heterocycles. The minimum absolute atomic E-state index is 0.0233. The van der Waals surface area contributed by atoms with Crippen LogP contribution in [-0.4, -0.2) is 36.1 Å². The molecule has 0 radical (unpaired) electrons. The van der Waals surface area contributed by atoms with Crippen molar-refractivity contribution in [2.75, 3.05) is 25.5 Å².